The molecule has 0 heterocycles. The van der Waals surface area contributed by atoms with Crippen LogP contribution >= 0.6 is 0 Å². The van der Waals surface area contributed by atoms with Crippen LogP contribution in [0.1, 0.15) is 32.4 Å². The maximum Gasteiger partial charge on any atom is 0.118 e. The quantitative estimate of drug-likeness (QED) is 0.719. The molecule has 4 heteroatoms. The number of benzene rings is 1. The molecule has 120 valence electrons. The fraction of sp³-hybridized carbons (Fsp3) is 0.647. The number of likely N-dealkylation sites (N-methyl/N-ethyl adjacent to an activating group) is 2. The molecule has 21 heavy (non-hydrogen) atoms. The first-order chi connectivity index (χ1) is 10.2. The van der Waals surface area contributed by atoms with Crippen molar-refractivity contribution in [2.75, 3.05) is 40.5 Å². The Bertz CT molecular complexity index is 381. The van der Waals surface area contributed by atoms with Crippen molar-refractivity contribution in [3.8, 4) is 5.75 Å². The third-order valence-electron chi connectivity index (χ3n) is 3.82. The second-order valence-corrected chi connectivity index (χ2v) is 5.28. The summed E-state index contributed by atoms with van der Waals surface area (Å²) in [6.07, 6.45) is 0. The SMILES string of the molecule is CCNC(CN(CC)C(C)COC)c1ccc(OC)cc1. The Hall–Kier alpha value is -1.10. The van der Waals surface area contributed by atoms with E-state index in [1.54, 1.807) is 14.2 Å². The van der Waals surface area contributed by atoms with Crippen LogP contribution in [0, 0.1) is 0 Å². The molecule has 0 saturated heterocycles. The highest BCUT2D eigenvalue weighted by Crippen LogP contribution is 2.19. The summed E-state index contributed by atoms with van der Waals surface area (Å²) in [4.78, 5) is 2.45. The van der Waals surface area contributed by atoms with Crippen LogP contribution in [0.2, 0.25) is 0 Å². The van der Waals surface area contributed by atoms with E-state index in [0.717, 1.165) is 32.0 Å². The summed E-state index contributed by atoms with van der Waals surface area (Å²) < 4.78 is 10.5. The second-order valence-electron chi connectivity index (χ2n) is 5.28. The summed E-state index contributed by atoms with van der Waals surface area (Å²) in [5.41, 5.74) is 1.29. The minimum absolute atomic E-state index is 0.320. The Morgan fingerprint density at radius 2 is 1.81 bits per heavy atom. The van der Waals surface area contributed by atoms with Gasteiger partial charge < -0.3 is 14.8 Å². The van der Waals surface area contributed by atoms with Crippen molar-refractivity contribution in [2.24, 2.45) is 0 Å². The number of hydrogen-bond acceptors (Lipinski definition) is 4. The minimum atomic E-state index is 0.320. The minimum Gasteiger partial charge on any atom is -0.497 e. The topological polar surface area (TPSA) is 33.7 Å². The normalized spacial score (nSPS) is 14.2. The second kappa shape index (κ2) is 9.77. The van der Waals surface area contributed by atoms with Gasteiger partial charge in [-0.15, -0.1) is 0 Å². The van der Waals surface area contributed by atoms with Crippen molar-refractivity contribution in [1.82, 2.24) is 10.2 Å². The zero-order chi connectivity index (χ0) is 15.7. The molecule has 0 radical (unpaired) electrons. The molecule has 0 bridgehead atoms. The van der Waals surface area contributed by atoms with Crippen LogP contribution in [0.5, 0.6) is 5.75 Å². The summed E-state index contributed by atoms with van der Waals surface area (Å²) in [5, 5.41) is 3.57. The molecule has 0 fully saturated rings. The van der Waals surface area contributed by atoms with Gasteiger partial charge in [-0.2, -0.15) is 0 Å². The number of methoxy groups -OCH3 is 2. The smallest absolute Gasteiger partial charge is 0.118 e. The first-order valence-corrected chi connectivity index (χ1v) is 7.76. The van der Waals surface area contributed by atoms with E-state index in [1.807, 2.05) is 12.1 Å². The number of nitrogens with zero attached hydrogens (tertiary/aromatic N) is 1. The van der Waals surface area contributed by atoms with Gasteiger partial charge in [-0.3, -0.25) is 4.90 Å². The summed E-state index contributed by atoms with van der Waals surface area (Å²) in [7, 11) is 3.46. The van der Waals surface area contributed by atoms with Gasteiger partial charge in [-0.1, -0.05) is 26.0 Å². The lowest BCUT2D eigenvalue weighted by Crippen LogP contribution is -2.42. The van der Waals surface area contributed by atoms with Crippen molar-refractivity contribution in [3.63, 3.8) is 0 Å². The lowest BCUT2D eigenvalue weighted by Gasteiger charge is -2.32. The average Bonchev–Trinajstić information content (AvgIpc) is 2.51. The zero-order valence-electron chi connectivity index (χ0n) is 14.1. The zero-order valence-corrected chi connectivity index (χ0v) is 14.1. The predicted molar refractivity (Wildman–Crippen MR) is 88.0 cm³/mol. The van der Waals surface area contributed by atoms with Crippen molar-refractivity contribution in [3.05, 3.63) is 29.8 Å². The van der Waals surface area contributed by atoms with E-state index in [9.17, 15) is 0 Å². The summed E-state index contributed by atoms with van der Waals surface area (Å²) in [6.45, 7) is 10.3. The average molecular weight is 294 g/mol. The van der Waals surface area contributed by atoms with E-state index in [0.29, 0.717) is 12.1 Å². The maximum atomic E-state index is 5.29. The Morgan fingerprint density at radius 1 is 1.14 bits per heavy atom. The maximum absolute atomic E-state index is 5.29. The van der Waals surface area contributed by atoms with E-state index in [-0.39, 0.29) is 0 Å². The van der Waals surface area contributed by atoms with E-state index < -0.39 is 0 Å². The fourth-order valence-corrected chi connectivity index (χ4v) is 2.57. The van der Waals surface area contributed by atoms with Gasteiger partial charge >= 0.3 is 0 Å². The fourth-order valence-electron chi connectivity index (χ4n) is 2.57. The monoisotopic (exact) mass is 294 g/mol. The van der Waals surface area contributed by atoms with Crippen LogP contribution < -0.4 is 10.1 Å². The number of ether oxygens (including phenoxy) is 2. The molecular formula is C17H30N2O2. The molecular weight excluding hydrogens is 264 g/mol. The van der Waals surface area contributed by atoms with E-state index >= 15 is 0 Å². The molecule has 1 aromatic rings. The Labute approximate surface area is 129 Å². The molecule has 0 amide bonds. The number of hydrogen-bond donors (Lipinski definition) is 1. The van der Waals surface area contributed by atoms with Crippen LogP contribution in [0.25, 0.3) is 0 Å². The van der Waals surface area contributed by atoms with Crippen molar-refractivity contribution >= 4 is 0 Å². The van der Waals surface area contributed by atoms with Crippen LogP contribution in [-0.4, -0.2) is 51.4 Å². The molecule has 0 aromatic heterocycles. The largest absolute Gasteiger partial charge is 0.497 e. The van der Waals surface area contributed by atoms with Gasteiger partial charge in [0, 0.05) is 25.7 Å². The van der Waals surface area contributed by atoms with Crippen LogP contribution in [0.15, 0.2) is 24.3 Å². The summed E-state index contributed by atoms with van der Waals surface area (Å²) in [5.74, 6) is 0.897. The van der Waals surface area contributed by atoms with E-state index in [2.05, 4.69) is 43.1 Å². The van der Waals surface area contributed by atoms with E-state index in [1.165, 1.54) is 5.56 Å². The molecule has 2 atom stereocenters. The Kier molecular flexibility index (Phi) is 8.35. The lowest BCUT2D eigenvalue weighted by molar-refractivity contribution is 0.0957. The highest BCUT2D eigenvalue weighted by Gasteiger charge is 2.18. The molecule has 0 aliphatic carbocycles. The third kappa shape index (κ3) is 5.65. The molecule has 0 aliphatic heterocycles. The third-order valence-corrected chi connectivity index (χ3v) is 3.82. The summed E-state index contributed by atoms with van der Waals surface area (Å²) in [6, 6.07) is 9.06. The van der Waals surface area contributed by atoms with Crippen LogP contribution in [0.3, 0.4) is 0 Å². The first-order valence-electron chi connectivity index (χ1n) is 7.76. The first kappa shape index (κ1) is 18.0. The highest BCUT2D eigenvalue weighted by molar-refractivity contribution is 5.29. The van der Waals surface area contributed by atoms with E-state index in [4.69, 9.17) is 9.47 Å². The number of rotatable bonds is 10. The predicted octanol–water partition coefficient (Wildman–Crippen LogP) is 2.70. The van der Waals surface area contributed by atoms with Gasteiger partial charge in [0.1, 0.15) is 5.75 Å². The molecule has 0 saturated carbocycles. The van der Waals surface area contributed by atoms with Crippen LogP contribution in [0.4, 0.5) is 0 Å². The van der Waals surface area contributed by atoms with Crippen molar-refractivity contribution in [1.29, 1.82) is 0 Å². The van der Waals surface area contributed by atoms with Crippen LogP contribution in [-0.2, 0) is 4.74 Å². The highest BCUT2D eigenvalue weighted by atomic mass is 16.5. The van der Waals surface area contributed by atoms with Gasteiger partial charge in [-0.25, -0.2) is 0 Å². The van der Waals surface area contributed by atoms with Gasteiger partial charge in [0.2, 0.25) is 0 Å². The standard InChI is InChI=1S/C17H30N2O2/c1-6-18-17(12-19(7-2)14(3)13-20-4)15-8-10-16(21-5)11-9-15/h8-11,14,17-18H,6-7,12-13H2,1-5H3. The number of nitrogens with one attached hydrogen (secondary N) is 1. The Balaban J connectivity index is 2.78. The molecule has 0 aliphatic rings. The summed E-state index contributed by atoms with van der Waals surface area (Å²) >= 11 is 0. The lowest BCUT2D eigenvalue weighted by atomic mass is 10.1. The van der Waals surface area contributed by atoms with Crippen molar-refractivity contribution in [2.45, 2.75) is 32.9 Å². The molecule has 2 unspecified atom stereocenters. The van der Waals surface area contributed by atoms with Gasteiger partial charge in [0.15, 0.2) is 0 Å². The van der Waals surface area contributed by atoms with Gasteiger partial charge in [0.25, 0.3) is 0 Å². The molecule has 4 nitrogen and oxygen atoms in total. The van der Waals surface area contributed by atoms with Crippen molar-refractivity contribution < 1.29 is 9.47 Å². The van der Waals surface area contributed by atoms with Gasteiger partial charge in [0.05, 0.1) is 13.7 Å². The molecule has 1 N–H and O–H groups in total. The van der Waals surface area contributed by atoms with Gasteiger partial charge in [-0.05, 0) is 37.7 Å². The molecule has 1 rings (SSSR count). The Morgan fingerprint density at radius 3 is 2.29 bits per heavy atom. The molecule has 1 aromatic carbocycles. The molecule has 0 spiro atoms.